The van der Waals surface area contributed by atoms with E-state index < -0.39 is 0 Å². The zero-order chi connectivity index (χ0) is 20.2. The predicted molar refractivity (Wildman–Crippen MR) is 107 cm³/mol. The summed E-state index contributed by atoms with van der Waals surface area (Å²) in [5.41, 5.74) is 3.70. The normalized spacial score (nSPS) is 10.1. The Kier molecular flexibility index (Phi) is 8.09. The Balaban J connectivity index is 1.77. The van der Waals surface area contributed by atoms with Gasteiger partial charge in [-0.25, -0.2) is 5.43 Å². The van der Waals surface area contributed by atoms with Crippen molar-refractivity contribution >= 4 is 23.7 Å². The minimum absolute atomic E-state index is 0.00850. The molecule has 2 rings (SSSR count). The van der Waals surface area contributed by atoms with Gasteiger partial charge in [0.15, 0.2) is 0 Å². The molecule has 7 nitrogen and oxygen atoms in total. The van der Waals surface area contributed by atoms with Crippen LogP contribution in [0.4, 0.5) is 5.69 Å². The molecule has 2 N–H and O–H groups in total. The van der Waals surface area contributed by atoms with Crippen LogP contribution >= 0.6 is 0 Å². The standard InChI is InChI=1S/C21H21N3O4/c1-3-14-28-19-7-5-4-6-16(19)15-22-24-21(26)13-12-20(25)23-17-8-10-18(27-2)11-9-17/h1,4-11,15H,12-14H2,2H3,(H,23,25)(H,24,26). The molecule has 0 aliphatic heterocycles. The molecule has 7 heteroatoms. The van der Waals surface area contributed by atoms with Crippen LogP contribution in [0.5, 0.6) is 11.5 Å². The van der Waals surface area contributed by atoms with E-state index in [-0.39, 0.29) is 31.3 Å². The number of hydrazone groups is 1. The van der Waals surface area contributed by atoms with Gasteiger partial charge in [-0.3, -0.25) is 9.59 Å². The number of para-hydroxylation sites is 1. The van der Waals surface area contributed by atoms with Crippen LogP contribution in [0.2, 0.25) is 0 Å². The molecular formula is C21H21N3O4. The summed E-state index contributed by atoms with van der Waals surface area (Å²) in [4.78, 5) is 23.8. The lowest BCUT2D eigenvalue weighted by Crippen LogP contribution is -2.20. The highest BCUT2D eigenvalue weighted by Gasteiger charge is 2.07. The highest BCUT2D eigenvalue weighted by molar-refractivity contribution is 5.93. The summed E-state index contributed by atoms with van der Waals surface area (Å²) < 4.78 is 10.4. The fourth-order valence-electron chi connectivity index (χ4n) is 2.19. The molecule has 0 aromatic heterocycles. The van der Waals surface area contributed by atoms with E-state index in [1.165, 1.54) is 6.21 Å². The van der Waals surface area contributed by atoms with Crippen molar-refractivity contribution in [1.29, 1.82) is 0 Å². The first-order valence-electron chi connectivity index (χ1n) is 8.53. The van der Waals surface area contributed by atoms with Crippen LogP contribution in [-0.2, 0) is 9.59 Å². The molecule has 0 fully saturated rings. The van der Waals surface area contributed by atoms with Crippen LogP contribution in [0.15, 0.2) is 53.6 Å². The van der Waals surface area contributed by atoms with Gasteiger partial charge in [0.05, 0.1) is 13.3 Å². The Morgan fingerprint density at radius 1 is 1.11 bits per heavy atom. The summed E-state index contributed by atoms with van der Waals surface area (Å²) in [5, 5.41) is 6.60. The molecule has 0 radical (unpaired) electrons. The first kappa shape index (κ1) is 20.5. The third-order valence-electron chi connectivity index (χ3n) is 3.58. The SMILES string of the molecule is C#CCOc1ccccc1C=NNC(=O)CCC(=O)Nc1ccc(OC)cc1. The number of nitrogens with one attached hydrogen (secondary N) is 2. The maximum atomic E-state index is 11.9. The fraction of sp³-hybridized carbons (Fsp3) is 0.190. The van der Waals surface area contributed by atoms with Gasteiger partial charge < -0.3 is 14.8 Å². The highest BCUT2D eigenvalue weighted by atomic mass is 16.5. The minimum atomic E-state index is -0.372. The number of rotatable bonds is 9. The predicted octanol–water partition coefficient (Wildman–Crippen LogP) is 2.58. The number of anilines is 1. The average molecular weight is 379 g/mol. The van der Waals surface area contributed by atoms with Crippen molar-refractivity contribution in [3.05, 3.63) is 54.1 Å². The van der Waals surface area contributed by atoms with Crippen molar-refractivity contribution in [2.24, 2.45) is 5.10 Å². The van der Waals surface area contributed by atoms with Gasteiger partial charge >= 0.3 is 0 Å². The molecule has 0 aliphatic rings. The summed E-state index contributed by atoms with van der Waals surface area (Å²) in [6.45, 7) is 0.139. The first-order chi connectivity index (χ1) is 13.6. The van der Waals surface area contributed by atoms with Crippen molar-refractivity contribution in [3.8, 4) is 23.8 Å². The number of terminal acetylenes is 1. The second-order valence-electron chi connectivity index (χ2n) is 5.60. The Morgan fingerprint density at radius 3 is 2.54 bits per heavy atom. The molecule has 0 aliphatic carbocycles. The number of hydrogen-bond donors (Lipinski definition) is 2. The van der Waals surface area contributed by atoms with E-state index in [0.717, 1.165) is 0 Å². The molecule has 0 unspecified atom stereocenters. The Morgan fingerprint density at radius 2 is 1.82 bits per heavy atom. The lowest BCUT2D eigenvalue weighted by atomic mass is 10.2. The Labute approximate surface area is 163 Å². The van der Waals surface area contributed by atoms with E-state index in [1.807, 2.05) is 12.1 Å². The van der Waals surface area contributed by atoms with Gasteiger partial charge in [-0.15, -0.1) is 6.42 Å². The number of amides is 2. The molecule has 0 spiro atoms. The number of ether oxygens (including phenoxy) is 2. The zero-order valence-electron chi connectivity index (χ0n) is 15.5. The quantitative estimate of drug-likeness (QED) is 0.398. The van der Waals surface area contributed by atoms with Crippen molar-refractivity contribution < 1.29 is 19.1 Å². The molecule has 2 amide bonds. The molecule has 0 atom stereocenters. The van der Waals surface area contributed by atoms with Crippen molar-refractivity contribution in [2.45, 2.75) is 12.8 Å². The number of hydrogen-bond acceptors (Lipinski definition) is 5. The van der Waals surface area contributed by atoms with Crippen molar-refractivity contribution in [2.75, 3.05) is 19.0 Å². The fourth-order valence-corrected chi connectivity index (χ4v) is 2.19. The molecule has 2 aromatic carbocycles. The second kappa shape index (κ2) is 11.0. The lowest BCUT2D eigenvalue weighted by molar-refractivity contribution is -0.124. The summed E-state index contributed by atoms with van der Waals surface area (Å²) in [6.07, 6.45) is 6.69. The summed E-state index contributed by atoms with van der Waals surface area (Å²) in [5.74, 6) is 3.01. The van der Waals surface area contributed by atoms with Gasteiger partial charge in [0.2, 0.25) is 11.8 Å². The van der Waals surface area contributed by atoms with Crippen molar-refractivity contribution in [1.82, 2.24) is 5.43 Å². The van der Waals surface area contributed by atoms with E-state index in [0.29, 0.717) is 22.7 Å². The van der Waals surface area contributed by atoms with E-state index in [2.05, 4.69) is 21.8 Å². The number of benzene rings is 2. The van der Waals surface area contributed by atoms with Crippen LogP contribution < -0.4 is 20.2 Å². The van der Waals surface area contributed by atoms with Gasteiger partial charge in [0, 0.05) is 24.1 Å². The maximum Gasteiger partial charge on any atom is 0.240 e. The molecule has 144 valence electrons. The lowest BCUT2D eigenvalue weighted by Gasteiger charge is -2.06. The monoisotopic (exact) mass is 379 g/mol. The zero-order valence-corrected chi connectivity index (χ0v) is 15.5. The van der Waals surface area contributed by atoms with Crippen LogP contribution in [-0.4, -0.2) is 31.7 Å². The van der Waals surface area contributed by atoms with Gasteiger partial charge in [-0.05, 0) is 36.4 Å². The third-order valence-corrected chi connectivity index (χ3v) is 3.58. The Bertz CT molecular complexity index is 870. The van der Waals surface area contributed by atoms with Crippen LogP contribution in [0.1, 0.15) is 18.4 Å². The topological polar surface area (TPSA) is 89.0 Å². The first-order valence-corrected chi connectivity index (χ1v) is 8.53. The van der Waals surface area contributed by atoms with E-state index in [4.69, 9.17) is 15.9 Å². The van der Waals surface area contributed by atoms with Crippen LogP contribution in [0, 0.1) is 12.3 Å². The third kappa shape index (κ3) is 6.84. The molecule has 28 heavy (non-hydrogen) atoms. The van der Waals surface area contributed by atoms with Crippen LogP contribution in [0.25, 0.3) is 0 Å². The van der Waals surface area contributed by atoms with Gasteiger partial charge in [0.1, 0.15) is 18.1 Å². The molecule has 2 aromatic rings. The number of carbonyl (C=O) groups excluding carboxylic acids is 2. The largest absolute Gasteiger partial charge is 0.497 e. The van der Waals surface area contributed by atoms with Gasteiger partial charge in [0.25, 0.3) is 0 Å². The average Bonchev–Trinajstić information content (AvgIpc) is 2.72. The van der Waals surface area contributed by atoms with Gasteiger partial charge in [-0.1, -0.05) is 18.1 Å². The summed E-state index contributed by atoms with van der Waals surface area (Å²) >= 11 is 0. The maximum absolute atomic E-state index is 11.9. The van der Waals surface area contributed by atoms with Crippen LogP contribution in [0.3, 0.4) is 0 Å². The number of methoxy groups -OCH3 is 1. The van der Waals surface area contributed by atoms with E-state index >= 15 is 0 Å². The summed E-state index contributed by atoms with van der Waals surface area (Å²) in [6, 6.07) is 14.1. The summed E-state index contributed by atoms with van der Waals surface area (Å²) in [7, 11) is 1.57. The Hall–Kier alpha value is -3.79. The minimum Gasteiger partial charge on any atom is -0.497 e. The number of carbonyl (C=O) groups is 2. The van der Waals surface area contributed by atoms with E-state index in [1.54, 1.807) is 43.5 Å². The smallest absolute Gasteiger partial charge is 0.240 e. The molecular weight excluding hydrogens is 358 g/mol. The van der Waals surface area contributed by atoms with E-state index in [9.17, 15) is 9.59 Å². The second-order valence-corrected chi connectivity index (χ2v) is 5.60. The molecule has 0 saturated heterocycles. The molecule has 0 heterocycles. The number of nitrogens with zero attached hydrogens (tertiary/aromatic N) is 1. The molecule has 0 bridgehead atoms. The van der Waals surface area contributed by atoms with Crippen molar-refractivity contribution in [3.63, 3.8) is 0 Å². The highest BCUT2D eigenvalue weighted by Crippen LogP contribution is 2.16. The molecule has 0 saturated carbocycles. The van der Waals surface area contributed by atoms with Gasteiger partial charge in [-0.2, -0.15) is 5.10 Å².